The standard InChI is InChI=1S/C21H24N2O3S/c1-26-19-9-5-15(6-10-19)12-23-13-17(11-20(23)24)21(25)22-18-7-3-16(4-8-18)14-27-2/h3-10,17H,11-14H2,1-2H3,(H,22,25). The topological polar surface area (TPSA) is 58.6 Å². The number of hydrogen-bond donors (Lipinski definition) is 1. The summed E-state index contributed by atoms with van der Waals surface area (Å²) in [5, 5.41) is 2.93. The molecule has 2 amide bonds. The van der Waals surface area contributed by atoms with E-state index in [1.807, 2.05) is 48.5 Å². The fourth-order valence-corrected chi connectivity index (χ4v) is 3.67. The van der Waals surface area contributed by atoms with E-state index in [2.05, 4.69) is 11.6 Å². The maximum absolute atomic E-state index is 12.5. The van der Waals surface area contributed by atoms with Crippen LogP contribution >= 0.6 is 11.8 Å². The highest BCUT2D eigenvalue weighted by Crippen LogP contribution is 2.23. The minimum atomic E-state index is -0.318. The number of nitrogens with one attached hydrogen (secondary N) is 1. The van der Waals surface area contributed by atoms with Gasteiger partial charge in [-0.1, -0.05) is 24.3 Å². The third kappa shape index (κ3) is 5.04. The van der Waals surface area contributed by atoms with Gasteiger partial charge in [0.2, 0.25) is 11.8 Å². The molecule has 27 heavy (non-hydrogen) atoms. The van der Waals surface area contributed by atoms with Gasteiger partial charge >= 0.3 is 0 Å². The van der Waals surface area contributed by atoms with Crippen LogP contribution in [0.3, 0.4) is 0 Å². The molecule has 1 N–H and O–H groups in total. The molecule has 6 heteroatoms. The van der Waals surface area contributed by atoms with E-state index in [-0.39, 0.29) is 24.2 Å². The van der Waals surface area contributed by atoms with E-state index in [1.54, 1.807) is 23.8 Å². The van der Waals surface area contributed by atoms with Crippen molar-refractivity contribution >= 4 is 29.3 Å². The minimum Gasteiger partial charge on any atom is -0.497 e. The lowest BCUT2D eigenvalue weighted by molar-refractivity contribution is -0.128. The first kappa shape index (κ1) is 19.3. The summed E-state index contributed by atoms with van der Waals surface area (Å²) in [6.45, 7) is 0.956. The van der Waals surface area contributed by atoms with Gasteiger partial charge in [0.15, 0.2) is 0 Å². The third-order valence-electron chi connectivity index (χ3n) is 4.65. The Labute approximate surface area is 164 Å². The lowest BCUT2D eigenvalue weighted by Gasteiger charge is -2.17. The van der Waals surface area contributed by atoms with E-state index in [4.69, 9.17) is 4.74 Å². The molecule has 1 heterocycles. The maximum Gasteiger partial charge on any atom is 0.229 e. The fraction of sp³-hybridized carbons (Fsp3) is 0.333. The predicted molar refractivity (Wildman–Crippen MR) is 109 cm³/mol. The van der Waals surface area contributed by atoms with Crippen molar-refractivity contribution in [3.05, 3.63) is 59.7 Å². The van der Waals surface area contributed by atoms with Crippen molar-refractivity contribution in [2.24, 2.45) is 5.92 Å². The third-order valence-corrected chi connectivity index (χ3v) is 5.27. The summed E-state index contributed by atoms with van der Waals surface area (Å²) >= 11 is 1.76. The first-order valence-electron chi connectivity index (χ1n) is 8.88. The van der Waals surface area contributed by atoms with Crippen molar-refractivity contribution in [3.63, 3.8) is 0 Å². The van der Waals surface area contributed by atoms with Crippen molar-refractivity contribution in [1.82, 2.24) is 4.90 Å². The number of likely N-dealkylation sites (tertiary alicyclic amines) is 1. The number of hydrogen-bond acceptors (Lipinski definition) is 4. The Morgan fingerprint density at radius 3 is 2.44 bits per heavy atom. The number of nitrogens with zero attached hydrogens (tertiary/aromatic N) is 1. The van der Waals surface area contributed by atoms with Gasteiger partial charge in [-0.25, -0.2) is 0 Å². The molecule has 0 spiro atoms. The summed E-state index contributed by atoms with van der Waals surface area (Å²) < 4.78 is 5.15. The molecule has 1 fully saturated rings. The molecule has 0 aliphatic carbocycles. The van der Waals surface area contributed by atoms with Crippen LogP contribution in [0.5, 0.6) is 5.75 Å². The van der Waals surface area contributed by atoms with Gasteiger partial charge in [-0.15, -0.1) is 0 Å². The molecular weight excluding hydrogens is 360 g/mol. The largest absolute Gasteiger partial charge is 0.497 e. The van der Waals surface area contributed by atoms with Crippen LogP contribution in [-0.4, -0.2) is 36.6 Å². The number of anilines is 1. The molecule has 1 aliphatic heterocycles. The summed E-state index contributed by atoms with van der Waals surface area (Å²) in [7, 11) is 1.62. The van der Waals surface area contributed by atoms with Crippen molar-refractivity contribution in [1.29, 1.82) is 0 Å². The second kappa shape index (κ2) is 8.95. The van der Waals surface area contributed by atoms with Crippen LogP contribution in [0.15, 0.2) is 48.5 Å². The van der Waals surface area contributed by atoms with E-state index in [0.29, 0.717) is 13.1 Å². The molecule has 2 aromatic rings. The molecule has 0 saturated carbocycles. The van der Waals surface area contributed by atoms with Crippen LogP contribution in [-0.2, 0) is 21.9 Å². The van der Waals surface area contributed by atoms with Crippen LogP contribution in [0.4, 0.5) is 5.69 Å². The second-order valence-electron chi connectivity index (χ2n) is 6.64. The molecule has 1 aliphatic rings. The lowest BCUT2D eigenvalue weighted by atomic mass is 10.1. The van der Waals surface area contributed by atoms with E-state index in [9.17, 15) is 9.59 Å². The average Bonchev–Trinajstić information content (AvgIpc) is 3.05. The quantitative estimate of drug-likeness (QED) is 0.793. The van der Waals surface area contributed by atoms with Crippen LogP contribution < -0.4 is 10.1 Å². The van der Waals surface area contributed by atoms with Gasteiger partial charge in [-0.05, 0) is 41.6 Å². The molecule has 1 unspecified atom stereocenters. The zero-order valence-corrected chi connectivity index (χ0v) is 16.4. The molecule has 142 valence electrons. The van der Waals surface area contributed by atoms with Gasteiger partial charge in [0.25, 0.3) is 0 Å². The maximum atomic E-state index is 12.5. The molecule has 1 atom stereocenters. The first-order chi connectivity index (χ1) is 13.1. The number of carbonyl (C=O) groups is 2. The highest BCUT2D eigenvalue weighted by molar-refractivity contribution is 7.97. The normalized spacial score (nSPS) is 16.4. The van der Waals surface area contributed by atoms with Gasteiger partial charge in [0, 0.05) is 31.0 Å². The Kier molecular flexibility index (Phi) is 6.40. The minimum absolute atomic E-state index is 0.0151. The van der Waals surface area contributed by atoms with Gasteiger partial charge in [0.1, 0.15) is 5.75 Å². The van der Waals surface area contributed by atoms with E-state index < -0.39 is 0 Å². The number of ether oxygens (including phenoxy) is 1. The van der Waals surface area contributed by atoms with E-state index in [0.717, 1.165) is 22.8 Å². The number of amides is 2. The van der Waals surface area contributed by atoms with Crippen molar-refractivity contribution in [2.45, 2.75) is 18.7 Å². The van der Waals surface area contributed by atoms with Crippen molar-refractivity contribution in [2.75, 3.05) is 25.2 Å². The SMILES string of the molecule is COc1ccc(CN2CC(C(=O)Nc3ccc(CSC)cc3)CC2=O)cc1. The summed E-state index contributed by atoms with van der Waals surface area (Å²) in [5.41, 5.74) is 3.02. The monoisotopic (exact) mass is 384 g/mol. The van der Waals surface area contributed by atoms with Crippen molar-refractivity contribution in [3.8, 4) is 5.75 Å². The highest BCUT2D eigenvalue weighted by Gasteiger charge is 2.34. The molecule has 0 radical (unpaired) electrons. The molecule has 3 rings (SSSR count). The Balaban J connectivity index is 1.56. The van der Waals surface area contributed by atoms with E-state index in [1.165, 1.54) is 5.56 Å². The molecule has 1 saturated heterocycles. The smallest absolute Gasteiger partial charge is 0.229 e. The Morgan fingerprint density at radius 2 is 1.81 bits per heavy atom. The lowest BCUT2D eigenvalue weighted by Crippen LogP contribution is -2.28. The number of benzene rings is 2. The predicted octanol–water partition coefficient (Wildman–Crippen LogP) is 3.55. The summed E-state index contributed by atoms with van der Waals surface area (Å²) in [5.74, 6) is 1.33. The summed E-state index contributed by atoms with van der Waals surface area (Å²) in [6, 6.07) is 15.5. The van der Waals surface area contributed by atoms with Gasteiger partial charge in [-0.2, -0.15) is 11.8 Å². The number of rotatable bonds is 7. The molecular formula is C21H24N2O3S. The number of methoxy groups -OCH3 is 1. The van der Waals surface area contributed by atoms with Crippen LogP contribution in [0, 0.1) is 5.92 Å². The fourth-order valence-electron chi connectivity index (χ4n) is 3.15. The second-order valence-corrected chi connectivity index (χ2v) is 7.51. The molecule has 0 bridgehead atoms. The first-order valence-corrected chi connectivity index (χ1v) is 10.3. The number of carbonyl (C=O) groups excluding carboxylic acids is 2. The average molecular weight is 385 g/mol. The van der Waals surface area contributed by atoms with Crippen LogP contribution in [0.1, 0.15) is 17.5 Å². The Hall–Kier alpha value is -2.47. The Morgan fingerprint density at radius 1 is 1.15 bits per heavy atom. The van der Waals surface area contributed by atoms with Gasteiger partial charge in [-0.3, -0.25) is 9.59 Å². The summed E-state index contributed by atoms with van der Waals surface area (Å²) in [6.07, 6.45) is 2.32. The zero-order valence-electron chi connectivity index (χ0n) is 15.6. The highest BCUT2D eigenvalue weighted by atomic mass is 32.2. The summed E-state index contributed by atoms with van der Waals surface area (Å²) in [4.78, 5) is 26.6. The zero-order chi connectivity index (χ0) is 19.2. The Bertz CT molecular complexity index is 790. The van der Waals surface area contributed by atoms with E-state index >= 15 is 0 Å². The van der Waals surface area contributed by atoms with Gasteiger partial charge in [0.05, 0.1) is 13.0 Å². The van der Waals surface area contributed by atoms with Crippen molar-refractivity contribution < 1.29 is 14.3 Å². The number of thioether (sulfide) groups is 1. The van der Waals surface area contributed by atoms with Gasteiger partial charge < -0.3 is 15.0 Å². The molecule has 5 nitrogen and oxygen atoms in total. The van der Waals surface area contributed by atoms with Crippen LogP contribution in [0.25, 0.3) is 0 Å². The van der Waals surface area contributed by atoms with Crippen LogP contribution in [0.2, 0.25) is 0 Å². The molecule has 0 aromatic heterocycles. The molecule has 2 aromatic carbocycles.